The monoisotopic (exact) mass is 138 g/mol. The number of rotatable bonds is 2. The van der Waals surface area contributed by atoms with Crippen molar-refractivity contribution in [2.24, 2.45) is 23.2 Å². The summed E-state index contributed by atoms with van der Waals surface area (Å²) in [6.07, 6.45) is 4.48. The van der Waals surface area contributed by atoms with Crippen LogP contribution in [0.5, 0.6) is 0 Å². The van der Waals surface area contributed by atoms with Gasteiger partial charge in [0.05, 0.1) is 0 Å². The lowest BCUT2D eigenvalue weighted by atomic mass is 10.1. The smallest absolute Gasteiger partial charge is 0.0320 e. The minimum absolute atomic E-state index is 0.731. The summed E-state index contributed by atoms with van der Waals surface area (Å²) in [6.45, 7) is 7.17. The topological polar surface area (TPSA) is 0 Å². The Labute approximate surface area is 64.0 Å². The van der Waals surface area contributed by atoms with E-state index in [-0.39, 0.29) is 0 Å². The highest BCUT2D eigenvalue weighted by Gasteiger charge is 2.57. The van der Waals surface area contributed by atoms with Crippen LogP contribution in [0.15, 0.2) is 0 Å². The Balaban J connectivity index is 1.85. The van der Waals surface area contributed by atoms with Crippen LogP contribution in [0.2, 0.25) is 0 Å². The summed E-state index contributed by atoms with van der Waals surface area (Å²) >= 11 is 0. The molecule has 3 atom stereocenters. The Morgan fingerprint density at radius 2 is 2.00 bits per heavy atom. The molecule has 0 saturated heterocycles. The highest BCUT2D eigenvalue weighted by atomic mass is 14.6. The first-order chi connectivity index (χ1) is 4.65. The Hall–Kier alpha value is 0. The van der Waals surface area contributed by atoms with Gasteiger partial charge < -0.3 is 0 Å². The van der Waals surface area contributed by atoms with Crippen molar-refractivity contribution in [2.45, 2.75) is 40.0 Å². The molecule has 0 heterocycles. The summed E-state index contributed by atoms with van der Waals surface area (Å²) in [7, 11) is 0. The van der Waals surface area contributed by atoms with Gasteiger partial charge in [-0.2, -0.15) is 0 Å². The first-order valence-corrected chi connectivity index (χ1v) is 4.65. The van der Waals surface area contributed by atoms with Gasteiger partial charge in [-0.05, 0) is 36.0 Å². The van der Waals surface area contributed by atoms with E-state index < -0.39 is 0 Å². The van der Waals surface area contributed by atoms with Crippen LogP contribution in [-0.4, -0.2) is 0 Å². The molecule has 58 valence electrons. The van der Waals surface area contributed by atoms with Gasteiger partial charge in [-0.1, -0.05) is 27.2 Å². The average Bonchev–Trinajstić information content (AvgIpc) is 2.66. The normalized spacial score (nSPS) is 48.9. The molecular formula is C10H18. The van der Waals surface area contributed by atoms with Crippen molar-refractivity contribution in [3.8, 4) is 0 Å². The van der Waals surface area contributed by atoms with E-state index in [0.717, 1.165) is 23.2 Å². The predicted molar refractivity (Wildman–Crippen MR) is 43.8 cm³/mol. The minimum Gasteiger partial charge on any atom is -0.0651 e. The molecule has 0 N–H and O–H groups in total. The maximum Gasteiger partial charge on any atom is -0.0320 e. The zero-order chi connectivity index (χ0) is 7.35. The predicted octanol–water partition coefficient (Wildman–Crippen LogP) is 3.08. The second-order valence-corrected chi connectivity index (χ2v) is 4.87. The second kappa shape index (κ2) is 1.78. The van der Waals surface area contributed by atoms with Gasteiger partial charge in [0.1, 0.15) is 0 Å². The van der Waals surface area contributed by atoms with Crippen molar-refractivity contribution >= 4 is 0 Å². The first kappa shape index (κ1) is 6.69. The van der Waals surface area contributed by atoms with E-state index in [1.807, 2.05) is 0 Å². The van der Waals surface area contributed by atoms with Crippen LogP contribution >= 0.6 is 0 Å². The van der Waals surface area contributed by atoms with Gasteiger partial charge in [-0.3, -0.25) is 0 Å². The molecule has 2 fully saturated rings. The van der Waals surface area contributed by atoms with Crippen LogP contribution in [0, 0.1) is 23.2 Å². The van der Waals surface area contributed by atoms with E-state index in [2.05, 4.69) is 20.8 Å². The van der Waals surface area contributed by atoms with Crippen LogP contribution in [0.3, 0.4) is 0 Å². The van der Waals surface area contributed by atoms with Gasteiger partial charge in [0, 0.05) is 0 Å². The fraction of sp³-hybridized carbons (Fsp3) is 1.00. The zero-order valence-electron chi connectivity index (χ0n) is 7.35. The molecular weight excluding hydrogens is 120 g/mol. The summed E-state index contributed by atoms with van der Waals surface area (Å²) in [4.78, 5) is 0. The fourth-order valence-electron chi connectivity index (χ4n) is 2.47. The van der Waals surface area contributed by atoms with Crippen LogP contribution in [0.4, 0.5) is 0 Å². The highest BCUT2D eigenvalue weighted by molar-refractivity contribution is 5.06. The summed E-state index contributed by atoms with van der Waals surface area (Å²) in [6, 6.07) is 0. The largest absolute Gasteiger partial charge is 0.0651 e. The molecule has 0 amide bonds. The third-order valence-corrected chi connectivity index (χ3v) is 3.61. The van der Waals surface area contributed by atoms with E-state index in [1.165, 1.54) is 12.8 Å². The molecule has 2 aliphatic carbocycles. The minimum atomic E-state index is 0.731. The molecule has 2 aliphatic rings. The SMILES string of the molecule is CCC1CC1C1CC1(C)C. The quantitative estimate of drug-likeness (QED) is 0.550. The molecule has 0 aliphatic heterocycles. The van der Waals surface area contributed by atoms with Crippen molar-refractivity contribution in [3.05, 3.63) is 0 Å². The van der Waals surface area contributed by atoms with Crippen molar-refractivity contribution in [2.75, 3.05) is 0 Å². The Morgan fingerprint density at radius 3 is 2.30 bits per heavy atom. The van der Waals surface area contributed by atoms with E-state index in [4.69, 9.17) is 0 Å². The van der Waals surface area contributed by atoms with Crippen LogP contribution in [0.1, 0.15) is 40.0 Å². The van der Waals surface area contributed by atoms with Gasteiger partial charge >= 0.3 is 0 Å². The lowest BCUT2D eigenvalue weighted by Crippen LogP contribution is -1.93. The van der Waals surface area contributed by atoms with Gasteiger partial charge in [-0.15, -0.1) is 0 Å². The molecule has 0 aromatic rings. The van der Waals surface area contributed by atoms with E-state index in [1.54, 1.807) is 6.42 Å². The van der Waals surface area contributed by atoms with Crippen molar-refractivity contribution in [3.63, 3.8) is 0 Å². The summed E-state index contributed by atoms with van der Waals surface area (Å²) in [5.74, 6) is 3.37. The second-order valence-electron chi connectivity index (χ2n) is 4.87. The lowest BCUT2D eigenvalue weighted by Gasteiger charge is -2.00. The molecule has 0 aromatic heterocycles. The van der Waals surface area contributed by atoms with Crippen molar-refractivity contribution in [1.82, 2.24) is 0 Å². The molecule has 0 heteroatoms. The molecule has 2 saturated carbocycles. The molecule has 0 nitrogen and oxygen atoms in total. The summed E-state index contributed by atoms with van der Waals surface area (Å²) in [5.41, 5.74) is 0.731. The van der Waals surface area contributed by atoms with E-state index in [0.29, 0.717) is 0 Å². The maximum absolute atomic E-state index is 2.42. The third kappa shape index (κ3) is 0.889. The molecule has 0 aromatic carbocycles. The highest BCUT2D eigenvalue weighted by Crippen LogP contribution is 2.65. The van der Waals surface area contributed by atoms with Crippen LogP contribution in [0.25, 0.3) is 0 Å². The summed E-state index contributed by atoms with van der Waals surface area (Å²) < 4.78 is 0. The van der Waals surface area contributed by atoms with Crippen LogP contribution < -0.4 is 0 Å². The maximum atomic E-state index is 2.42. The first-order valence-electron chi connectivity index (χ1n) is 4.65. The van der Waals surface area contributed by atoms with Gasteiger partial charge in [0.15, 0.2) is 0 Å². The number of hydrogen-bond donors (Lipinski definition) is 0. The van der Waals surface area contributed by atoms with Gasteiger partial charge in [0.25, 0.3) is 0 Å². The molecule has 10 heavy (non-hydrogen) atoms. The van der Waals surface area contributed by atoms with Crippen LogP contribution in [-0.2, 0) is 0 Å². The molecule has 2 rings (SSSR count). The average molecular weight is 138 g/mol. The Kier molecular flexibility index (Phi) is 1.19. The van der Waals surface area contributed by atoms with Crippen molar-refractivity contribution in [1.29, 1.82) is 0 Å². The molecule has 3 unspecified atom stereocenters. The van der Waals surface area contributed by atoms with Gasteiger partial charge in [-0.25, -0.2) is 0 Å². The summed E-state index contributed by atoms with van der Waals surface area (Å²) in [5, 5.41) is 0. The molecule has 0 radical (unpaired) electrons. The third-order valence-electron chi connectivity index (χ3n) is 3.61. The Morgan fingerprint density at radius 1 is 1.40 bits per heavy atom. The molecule has 0 bridgehead atoms. The molecule has 0 spiro atoms. The lowest BCUT2D eigenvalue weighted by molar-refractivity contribution is 0.490. The van der Waals surface area contributed by atoms with E-state index in [9.17, 15) is 0 Å². The zero-order valence-corrected chi connectivity index (χ0v) is 7.35. The van der Waals surface area contributed by atoms with E-state index >= 15 is 0 Å². The number of hydrogen-bond acceptors (Lipinski definition) is 0. The Bertz CT molecular complexity index is 146. The van der Waals surface area contributed by atoms with Crippen molar-refractivity contribution < 1.29 is 0 Å². The fourth-order valence-corrected chi connectivity index (χ4v) is 2.47. The standard InChI is InChI=1S/C10H18/c1-4-7-5-8(7)9-6-10(9,2)3/h7-9H,4-6H2,1-3H3. The van der Waals surface area contributed by atoms with Gasteiger partial charge in [0.2, 0.25) is 0 Å².